The first-order valence-electron chi connectivity index (χ1n) is 10.5. The van der Waals surface area contributed by atoms with Crippen molar-refractivity contribution in [3.63, 3.8) is 0 Å². The third-order valence-electron chi connectivity index (χ3n) is 5.72. The second-order valence-electron chi connectivity index (χ2n) is 8.04. The van der Waals surface area contributed by atoms with E-state index in [0.717, 1.165) is 16.7 Å². The Morgan fingerprint density at radius 1 is 1.13 bits per heavy atom. The maximum atomic E-state index is 12.9. The van der Waals surface area contributed by atoms with E-state index < -0.39 is 50.5 Å². The number of aliphatic carboxylic acids is 1. The molecule has 16 heteroatoms. The number of benzene rings is 1. The molecule has 12 nitrogen and oxygen atoms in total. The summed E-state index contributed by atoms with van der Waals surface area (Å²) in [6.45, 7) is 0.0768. The van der Waals surface area contributed by atoms with Gasteiger partial charge in [0, 0.05) is 23.5 Å². The second kappa shape index (κ2) is 13.1. The summed E-state index contributed by atoms with van der Waals surface area (Å²) in [6, 6.07) is 8.83. The molecule has 1 saturated heterocycles. The fraction of sp³-hybridized carbons (Fsp3) is 0.227. The predicted molar refractivity (Wildman–Crippen MR) is 121 cm³/mol. The fourth-order valence-corrected chi connectivity index (χ4v) is 6.20. The first kappa shape index (κ1) is 32.5. The minimum atomic E-state index is -5.11. The first-order chi connectivity index (χ1) is 17.0. The number of amides is 3. The zero-order chi connectivity index (χ0) is 26.2. The average molecular weight is 578 g/mol. The number of fused-ring (bicyclic) bond motifs is 1. The SMILES string of the molecule is NC(=O)c1cc[n+](CC2=C(C(=O)[O-])N3C(=O)[C@@H](NC(=O)[C@@H](c4ccccc4)S(=O)(=O)[O-])[C@H]3SC2)cc1.[Na+].[Na+]. The van der Waals surface area contributed by atoms with Crippen LogP contribution in [0, 0.1) is 0 Å². The number of carbonyl (C=O) groups excluding carboxylic acids is 4. The molecule has 4 rings (SSSR count). The summed E-state index contributed by atoms with van der Waals surface area (Å²) in [5, 5.41) is 11.3. The van der Waals surface area contributed by atoms with Crippen molar-refractivity contribution in [2.45, 2.75) is 23.2 Å². The molecule has 0 unspecified atom stereocenters. The van der Waals surface area contributed by atoms with Crippen LogP contribution in [0.2, 0.25) is 0 Å². The van der Waals surface area contributed by atoms with Crippen LogP contribution in [0.4, 0.5) is 0 Å². The van der Waals surface area contributed by atoms with Gasteiger partial charge < -0.3 is 25.5 Å². The van der Waals surface area contributed by atoms with E-state index in [1.807, 2.05) is 0 Å². The molecule has 0 bridgehead atoms. The van der Waals surface area contributed by atoms with Crippen molar-refractivity contribution in [3.05, 3.63) is 77.3 Å². The van der Waals surface area contributed by atoms with Gasteiger partial charge in [0.15, 0.2) is 24.2 Å². The quantitative estimate of drug-likeness (QED) is 0.133. The largest absolute Gasteiger partial charge is 1.00 e. The summed E-state index contributed by atoms with van der Waals surface area (Å²) in [5.41, 5.74) is 5.44. The van der Waals surface area contributed by atoms with Crippen LogP contribution in [0.5, 0.6) is 0 Å². The van der Waals surface area contributed by atoms with Crippen LogP contribution in [0.3, 0.4) is 0 Å². The second-order valence-corrected chi connectivity index (χ2v) is 10.6. The molecule has 3 atom stereocenters. The zero-order valence-corrected chi connectivity index (χ0v) is 26.0. The molecule has 3 N–H and O–H groups in total. The minimum Gasteiger partial charge on any atom is -0.747 e. The van der Waals surface area contributed by atoms with E-state index in [1.54, 1.807) is 10.6 Å². The van der Waals surface area contributed by atoms with E-state index >= 15 is 0 Å². The molecule has 2 aromatic rings. The van der Waals surface area contributed by atoms with E-state index in [1.165, 1.54) is 48.8 Å². The van der Waals surface area contributed by atoms with Gasteiger partial charge in [-0.15, -0.1) is 11.8 Å². The van der Waals surface area contributed by atoms with Crippen molar-refractivity contribution in [2.75, 3.05) is 5.75 Å². The number of pyridine rings is 1. The van der Waals surface area contributed by atoms with Gasteiger partial charge in [0.25, 0.3) is 5.91 Å². The molecule has 2 aliphatic rings. The van der Waals surface area contributed by atoms with Crippen LogP contribution in [0.15, 0.2) is 66.1 Å². The summed E-state index contributed by atoms with van der Waals surface area (Å²) < 4.78 is 37.0. The van der Waals surface area contributed by atoms with E-state index in [4.69, 9.17) is 5.73 Å². The monoisotopic (exact) mass is 577 g/mol. The maximum Gasteiger partial charge on any atom is 1.00 e. The number of primary amides is 1. The molecular formula is C22H19N4Na2O8S2+. The average Bonchev–Trinajstić information content (AvgIpc) is 2.82. The van der Waals surface area contributed by atoms with Crippen LogP contribution in [0.25, 0.3) is 0 Å². The molecule has 0 radical (unpaired) electrons. The third-order valence-corrected chi connectivity index (χ3v) is 8.12. The Morgan fingerprint density at radius 3 is 2.26 bits per heavy atom. The Balaban J connectivity index is 0.00000253. The molecule has 3 heterocycles. The summed E-state index contributed by atoms with van der Waals surface area (Å²) >= 11 is 1.16. The van der Waals surface area contributed by atoms with Gasteiger partial charge >= 0.3 is 59.1 Å². The summed E-state index contributed by atoms with van der Waals surface area (Å²) in [7, 11) is -5.11. The normalized spacial score (nSPS) is 19.2. The standard InChI is InChI=1S/C22H20N4O8S2.2Na/c23-18(27)13-6-8-25(9-7-13)10-14-11-35-21-15(20(29)26(21)16(14)22(30)31)24-19(28)17(36(32,33)34)12-4-2-1-3-5-12;;/h1-9,15,17,21H,10-11H2,(H4-,23,24,27,28,30,31,32,33,34);;/q;2*+1/p-1/t15-,17-,21-;;/m1../s1. The number of carboxylic acid groups (broad SMARTS) is 1. The Kier molecular flexibility index (Phi) is 11.2. The van der Waals surface area contributed by atoms with Gasteiger partial charge in [-0.25, -0.2) is 13.0 Å². The third kappa shape index (κ3) is 6.69. The van der Waals surface area contributed by atoms with Gasteiger partial charge in [-0.05, 0) is 5.56 Å². The van der Waals surface area contributed by atoms with Gasteiger partial charge in [-0.1, -0.05) is 30.3 Å². The number of nitrogens with one attached hydrogen (secondary N) is 1. The summed E-state index contributed by atoms with van der Waals surface area (Å²) in [5.74, 6) is -4.00. The summed E-state index contributed by atoms with van der Waals surface area (Å²) in [6.07, 6.45) is 3.07. The van der Waals surface area contributed by atoms with Crippen LogP contribution in [0.1, 0.15) is 21.2 Å². The van der Waals surface area contributed by atoms with E-state index in [0.29, 0.717) is 5.57 Å². The fourth-order valence-electron chi connectivity index (χ4n) is 4.05. The predicted octanol–water partition coefficient (Wildman–Crippen LogP) is -8.23. The topological polar surface area (TPSA) is 194 Å². The Morgan fingerprint density at radius 2 is 1.74 bits per heavy atom. The first-order valence-corrected chi connectivity index (χ1v) is 13.0. The van der Waals surface area contributed by atoms with Crippen molar-refractivity contribution < 1.29 is 101 Å². The molecule has 1 aromatic carbocycles. The number of aromatic nitrogens is 1. The number of nitrogens with two attached hydrogens (primary N) is 1. The van der Waals surface area contributed by atoms with Gasteiger partial charge in [-0.2, -0.15) is 0 Å². The number of carboxylic acids is 1. The molecular weight excluding hydrogens is 558 g/mol. The number of hydrogen-bond acceptors (Lipinski definition) is 9. The molecule has 2 aliphatic heterocycles. The molecule has 38 heavy (non-hydrogen) atoms. The maximum absolute atomic E-state index is 12.9. The molecule has 0 saturated carbocycles. The van der Waals surface area contributed by atoms with Crippen LogP contribution >= 0.6 is 11.8 Å². The van der Waals surface area contributed by atoms with Gasteiger partial charge in [0.05, 0.1) is 17.2 Å². The molecule has 3 amide bonds. The molecule has 1 aromatic heterocycles. The van der Waals surface area contributed by atoms with Crippen LogP contribution in [-0.2, 0) is 31.0 Å². The van der Waals surface area contributed by atoms with E-state index in [9.17, 15) is 37.3 Å². The smallest absolute Gasteiger partial charge is 0.747 e. The molecule has 0 spiro atoms. The van der Waals surface area contributed by atoms with Crippen molar-refractivity contribution in [1.82, 2.24) is 10.2 Å². The molecule has 1 fully saturated rings. The zero-order valence-electron chi connectivity index (χ0n) is 20.4. The number of β-lactam (4-membered cyclic amide) rings is 1. The Hall–Kier alpha value is -1.75. The van der Waals surface area contributed by atoms with Crippen LogP contribution < -0.4 is 79.8 Å². The molecule has 0 aliphatic carbocycles. The van der Waals surface area contributed by atoms with Gasteiger partial charge in [-0.3, -0.25) is 19.3 Å². The minimum absolute atomic E-state index is 0. The number of thioether (sulfide) groups is 1. The number of hydrogen-bond donors (Lipinski definition) is 2. The number of rotatable bonds is 8. The van der Waals surface area contributed by atoms with Gasteiger partial charge in [0.1, 0.15) is 21.5 Å². The van der Waals surface area contributed by atoms with Crippen LogP contribution in [-0.4, -0.2) is 58.7 Å². The number of carbonyl (C=O) groups is 4. The van der Waals surface area contributed by atoms with E-state index in [-0.39, 0.29) is 88.2 Å². The van der Waals surface area contributed by atoms with Crippen molar-refractivity contribution in [1.29, 1.82) is 0 Å². The van der Waals surface area contributed by atoms with Crippen molar-refractivity contribution in [3.8, 4) is 0 Å². The van der Waals surface area contributed by atoms with E-state index in [2.05, 4.69) is 5.32 Å². The van der Waals surface area contributed by atoms with Gasteiger partial charge in [0.2, 0.25) is 11.8 Å². The Labute approximate surface area is 266 Å². The van der Waals surface area contributed by atoms with Crippen molar-refractivity contribution >= 4 is 45.6 Å². The summed E-state index contributed by atoms with van der Waals surface area (Å²) in [4.78, 5) is 49.8. The van der Waals surface area contributed by atoms with Crippen molar-refractivity contribution in [2.24, 2.45) is 5.73 Å². The Bertz CT molecular complexity index is 1390. The number of nitrogens with zero attached hydrogens (tertiary/aromatic N) is 2. The molecule has 188 valence electrons.